The van der Waals surface area contributed by atoms with E-state index in [1.807, 2.05) is 25.1 Å². The lowest BCUT2D eigenvalue weighted by molar-refractivity contribution is -0.113. The minimum atomic E-state index is -0.259. The molecule has 0 aliphatic carbocycles. The van der Waals surface area contributed by atoms with Crippen molar-refractivity contribution in [3.63, 3.8) is 0 Å². The summed E-state index contributed by atoms with van der Waals surface area (Å²) in [7, 11) is 1.61. The van der Waals surface area contributed by atoms with E-state index >= 15 is 0 Å². The van der Waals surface area contributed by atoms with Crippen LogP contribution in [0.3, 0.4) is 0 Å². The summed E-state index contributed by atoms with van der Waals surface area (Å²) >= 11 is 2.60. The molecule has 0 aliphatic rings. The molecule has 0 fully saturated rings. The molecule has 10 heteroatoms. The van der Waals surface area contributed by atoms with Crippen molar-refractivity contribution in [1.29, 1.82) is 0 Å². The molecule has 8 nitrogen and oxygen atoms in total. The second kappa shape index (κ2) is 7.70. The Labute approximate surface area is 151 Å². The van der Waals surface area contributed by atoms with Crippen molar-refractivity contribution in [3.8, 4) is 5.75 Å². The Morgan fingerprint density at radius 3 is 3.08 bits per heavy atom. The Kier molecular flexibility index (Phi) is 5.39. The largest absolute Gasteiger partial charge is 0.497 e. The van der Waals surface area contributed by atoms with Crippen molar-refractivity contribution in [2.24, 2.45) is 0 Å². The molecule has 1 amide bonds. The van der Waals surface area contributed by atoms with Gasteiger partial charge in [-0.3, -0.25) is 9.36 Å². The van der Waals surface area contributed by atoms with E-state index in [0.29, 0.717) is 16.8 Å². The highest BCUT2D eigenvalue weighted by atomic mass is 32.2. The second-order valence-corrected chi connectivity index (χ2v) is 7.13. The molecule has 132 valence electrons. The van der Waals surface area contributed by atoms with Gasteiger partial charge in [-0.25, -0.2) is 14.9 Å². The SMILES string of the molecule is CCCn1c(SCC(=O)Nc2nc3ccc(OC)cc3s2)n[nH]c1=O. The summed E-state index contributed by atoms with van der Waals surface area (Å²) in [5.41, 5.74) is 0.544. The van der Waals surface area contributed by atoms with Crippen molar-refractivity contribution in [1.82, 2.24) is 19.7 Å². The fraction of sp³-hybridized carbons (Fsp3) is 0.333. The van der Waals surface area contributed by atoms with Crippen LogP contribution < -0.4 is 15.7 Å². The van der Waals surface area contributed by atoms with Gasteiger partial charge in [0.25, 0.3) is 0 Å². The molecule has 0 radical (unpaired) electrons. The zero-order valence-corrected chi connectivity index (χ0v) is 15.4. The van der Waals surface area contributed by atoms with E-state index in [9.17, 15) is 9.59 Å². The molecule has 2 aromatic heterocycles. The van der Waals surface area contributed by atoms with Gasteiger partial charge in [-0.05, 0) is 24.6 Å². The third kappa shape index (κ3) is 4.02. The zero-order valence-electron chi connectivity index (χ0n) is 13.7. The lowest BCUT2D eigenvalue weighted by atomic mass is 10.3. The fourth-order valence-electron chi connectivity index (χ4n) is 2.21. The van der Waals surface area contributed by atoms with Crippen LogP contribution in [0.2, 0.25) is 0 Å². The number of amides is 1. The second-order valence-electron chi connectivity index (χ2n) is 5.15. The first-order valence-electron chi connectivity index (χ1n) is 7.63. The van der Waals surface area contributed by atoms with Crippen molar-refractivity contribution in [3.05, 3.63) is 28.7 Å². The van der Waals surface area contributed by atoms with Crippen molar-refractivity contribution in [2.75, 3.05) is 18.2 Å². The predicted octanol–water partition coefficient (Wildman–Crippen LogP) is 2.33. The summed E-state index contributed by atoms with van der Waals surface area (Å²) in [5.74, 6) is 0.694. The van der Waals surface area contributed by atoms with E-state index < -0.39 is 0 Å². The van der Waals surface area contributed by atoms with E-state index in [-0.39, 0.29) is 17.3 Å². The van der Waals surface area contributed by atoms with Gasteiger partial charge in [0.2, 0.25) is 5.91 Å². The van der Waals surface area contributed by atoms with Gasteiger partial charge in [-0.1, -0.05) is 30.0 Å². The molecular formula is C15H17N5O3S2. The van der Waals surface area contributed by atoms with Gasteiger partial charge in [-0.2, -0.15) is 0 Å². The number of hydrogen-bond acceptors (Lipinski definition) is 7. The van der Waals surface area contributed by atoms with Crippen molar-refractivity contribution in [2.45, 2.75) is 25.0 Å². The number of aromatic nitrogens is 4. The summed E-state index contributed by atoms with van der Waals surface area (Å²) in [6.07, 6.45) is 0.814. The standard InChI is InChI=1S/C15H17N5O3S2/c1-3-6-20-14(22)18-19-15(20)24-8-12(21)17-13-16-10-5-4-9(23-2)7-11(10)25-13/h4-5,7H,3,6,8H2,1-2H3,(H,18,22)(H,16,17,21). The summed E-state index contributed by atoms with van der Waals surface area (Å²) < 4.78 is 7.65. The number of ether oxygens (including phenoxy) is 1. The molecule has 0 unspecified atom stereocenters. The summed E-state index contributed by atoms with van der Waals surface area (Å²) in [5, 5.41) is 10.2. The van der Waals surface area contributed by atoms with Gasteiger partial charge >= 0.3 is 5.69 Å². The Morgan fingerprint density at radius 1 is 1.48 bits per heavy atom. The normalized spacial score (nSPS) is 11.0. The number of anilines is 1. The highest BCUT2D eigenvalue weighted by Gasteiger charge is 2.13. The fourth-order valence-corrected chi connectivity index (χ4v) is 3.89. The zero-order chi connectivity index (χ0) is 17.8. The lowest BCUT2D eigenvalue weighted by Gasteiger charge is -2.03. The average Bonchev–Trinajstić information content (AvgIpc) is 3.16. The van der Waals surface area contributed by atoms with Gasteiger partial charge in [0.15, 0.2) is 10.3 Å². The van der Waals surface area contributed by atoms with E-state index in [1.54, 1.807) is 7.11 Å². The maximum atomic E-state index is 12.1. The third-order valence-corrected chi connectivity index (χ3v) is 5.25. The van der Waals surface area contributed by atoms with E-state index in [2.05, 4.69) is 20.5 Å². The maximum absolute atomic E-state index is 12.1. The molecule has 0 saturated carbocycles. The number of hydrogen-bond donors (Lipinski definition) is 2. The average molecular weight is 379 g/mol. The number of methoxy groups -OCH3 is 1. The smallest absolute Gasteiger partial charge is 0.343 e. The molecule has 2 N–H and O–H groups in total. The molecule has 0 aliphatic heterocycles. The number of benzene rings is 1. The van der Waals surface area contributed by atoms with Crippen LogP contribution >= 0.6 is 23.1 Å². The number of thioether (sulfide) groups is 1. The number of nitrogens with zero attached hydrogens (tertiary/aromatic N) is 3. The minimum Gasteiger partial charge on any atom is -0.497 e. The van der Waals surface area contributed by atoms with Crippen molar-refractivity contribution >= 4 is 44.4 Å². The van der Waals surface area contributed by atoms with Crippen LogP contribution in [0, 0.1) is 0 Å². The number of rotatable bonds is 7. The number of carbonyl (C=O) groups excluding carboxylic acids is 1. The minimum absolute atomic E-state index is 0.146. The highest BCUT2D eigenvalue weighted by molar-refractivity contribution is 7.99. The third-order valence-electron chi connectivity index (χ3n) is 3.34. The summed E-state index contributed by atoms with van der Waals surface area (Å²) in [6.45, 7) is 2.54. The van der Waals surface area contributed by atoms with E-state index in [0.717, 1.165) is 22.4 Å². The van der Waals surface area contributed by atoms with Crippen LogP contribution in [-0.4, -0.2) is 38.5 Å². The topological polar surface area (TPSA) is 102 Å². The summed E-state index contributed by atoms with van der Waals surface area (Å²) in [6, 6.07) is 5.56. The monoisotopic (exact) mass is 379 g/mol. The molecule has 25 heavy (non-hydrogen) atoms. The number of thiazole rings is 1. The molecule has 0 spiro atoms. The molecular weight excluding hydrogens is 362 g/mol. The van der Waals surface area contributed by atoms with Gasteiger partial charge in [0.1, 0.15) is 5.75 Å². The Bertz CT molecular complexity index is 946. The number of carbonyl (C=O) groups is 1. The van der Waals surface area contributed by atoms with Crippen LogP contribution in [0.25, 0.3) is 10.2 Å². The quantitative estimate of drug-likeness (QED) is 0.611. The van der Waals surface area contributed by atoms with Gasteiger partial charge in [0.05, 0.1) is 23.1 Å². The molecule has 0 bridgehead atoms. The predicted molar refractivity (Wildman–Crippen MR) is 98.7 cm³/mol. The summed E-state index contributed by atoms with van der Waals surface area (Å²) in [4.78, 5) is 28.2. The molecule has 0 saturated heterocycles. The molecule has 2 heterocycles. The Hall–Kier alpha value is -2.33. The van der Waals surface area contributed by atoms with E-state index in [1.165, 1.54) is 27.7 Å². The number of nitrogens with one attached hydrogen (secondary N) is 2. The molecule has 1 aromatic carbocycles. The van der Waals surface area contributed by atoms with Crippen LogP contribution in [-0.2, 0) is 11.3 Å². The van der Waals surface area contributed by atoms with Gasteiger partial charge in [-0.15, -0.1) is 5.10 Å². The first kappa shape index (κ1) is 17.5. The highest BCUT2D eigenvalue weighted by Crippen LogP contribution is 2.29. The first-order valence-corrected chi connectivity index (χ1v) is 9.43. The Balaban J connectivity index is 1.64. The maximum Gasteiger partial charge on any atom is 0.343 e. The van der Waals surface area contributed by atoms with Gasteiger partial charge < -0.3 is 10.1 Å². The van der Waals surface area contributed by atoms with Gasteiger partial charge in [0, 0.05) is 6.54 Å². The lowest BCUT2D eigenvalue weighted by Crippen LogP contribution is -2.18. The molecule has 3 aromatic rings. The van der Waals surface area contributed by atoms with Crippen LogP contribution in [0.4, 0.5) is 5.13 Å². The molecule has 0 atom stereocenters. The Morgan fingerprint density at radius 2 is 2.32 bits per heavy atom. The number of fused-ring (bicyclic) bond motifs is 1. The van der Waals surface area contributed by atoms with E-state index in [4.69, 9.17) is 4.74 Å². The van der Waals surface area contributed by atoms with Crippen LogP contribution in [0.5, 0.6) is 5.75 Å². The van der Waals surface area contributed by atoms with Crippen molar-refractivity contribution < 1.29 is 9.53 Å². The first-order chi connectivity index (χ1) is 12.1. The molecule has 3 rings (SSSR count). The van der Waals surface area contributed by atoms with Crippen LogP contribution in [0.1, 0.15) is 13.3 Å². The van der Waals surface area contributed by atoms with Crippen LogP contribution in [0.15, 0.2) is 28.2 Å². The number of aromatic amines is 1. The number of H-pyrrole nitrogens is 1.